The summed E-state index contributed by atoms with van der Waals surface area (Å²) in [5.74, 6) is 0.934. The van der Waals surface area contributed by atoms with Gasteiger partial charge in [-0.15, -0.1) is 0 Å². The number of nitrogens with one attached hydrogen (secondary N) is 1. The lowest BCUT2D eigenvalue weighted by atomic mass is 9.75. The number of aliphatic hydroxyl groups is 1. The topological polar surface area (TPSA) is 93.5 Å². The summed E-state index contributed by atoms with van der Waals surface area (Å²) in [4.78, 5) is 0.189. The summed E-state index contributed by atoms with van der Waals surface area (Å²) in [5.41, 5.74) is 2.48. The van der Waals surface area contributed by atoms with Crippen LogP contribution in [0.5, 0.6) is 5.75 Å². The number of benzene rings is 1. The van der Waals surface area contributed by atoms with E-state index in [1.807, 2.05) is 18.2 Å². The van der Waals surface area contributed by atoms with Crippen molar-refractivity contribution in [3.63, 3.8) is 0 Å². The second-order valence-electron chi connectivity index (χ2n) is 7.20. The maximum atomic E-state index is 13.0. The standard InChI is InChI=1S/C18H23N3O4S/c1-11-17(10-21(2)19-11)26(23,24)20-18(14-8-15(22)9-14)13-3-4-16-12(7-13)5-6-25-16/h3-4,7,10,14-15,18,20,22H,5-6,8-9H2,1-2H3/t14?,15?,18-/m0/s1. The van der Waals surface area contributed by atoms with Gasteiger partial charge in [0.05, 0.1) is 18.4 Å². The van der Waals surface area contributed by atoms with Crippen LogP contribution in [0.4, 0.5) is 0 Å². The highest BCUT2D eigenvalue weighted by Crippen LogP contribution is 2.40. The van der Waals surface area contributed by atoms with Crippen molar-refractivity contribution in [2.45, 2.75) is 43.2 Å². The van der Waals surface area contributed by atoms with Crippen LogP contribution in [0, 0.1) is 12.8 Å². The predicted molar refractivity (Wildman–Crippen MR) is 95.4 cm³/mol. The molecule has 140 valence electrons. The number of rotatable bonds is 5. The van der Waals surface area contributed by atoms with Crippen molar-refractivity contribution < 1.29 is 18.3 Å². The Bertz CT molecular complexity index is 932. The van der Waals surface area contributed by atoms with Crippen molar-refractivity contribution in [2.75, 3.05) is 6.61 Å². The minimum absolute atomic E-state index is 0.0668. The zero-order valence-corrected chi connectivity index (χ0v) is 15.7. The van der Waals surface area contributed by atoms with Crippen LogP contribution in [-0.4, -0.2) is 36.0 Å². The zero-order chi connectivity index (χ0) is 18.5. The number of nitrogens with zero attached hydrogens (tertiary/aromatic N) is 2. The van der Waals surface area contributed by atoms with Gasteiger partial charge in [0.2, 0.25) is 10.0 Å². The number of sulfonamides is 1. The van der Waals surface area contributed by atoms with E-state index in [9.17, 15) is 13.5 Å². The molecular weight excluding hydrogens is 354 g/mol. The summed E-state index contributed by atoms with van der Waals surface area (Å²) in [6.45, 7) is 2.34. The molecule has 4 rings (SSSR count). The molecule has 26 heavy (non-hydrogen) atoms. The van der Waals surface area contributed by atoms with Crippen molar-refractivity contribution in [2.24, 2.45) is 13.0 Å². The number of hydrogen-bond donors (Lipinski definition) is 2. The number of aryl methyl sites for hydroxylation is 2. The Labute approximate surface area is 153 Å². The Balaban J connectivity index is 1.67. The Kier molecular flexibility index (Phi) is 4.29. The van der Waals surface area contributed by atoms with E-state index in [4.69, 9.17) is 4.74 Å². The molecule has 7 nitrogen and oxygen atoms in total. The van der Waals surface area contributed by atoms with E-state index in [-0.39, 0.29) is 23.0 Å². The summed E-state index contributed by atoms with van der Waals surface area (Å²) in [5, 5.41) is 13.9. The van der Waals surface area contributed by atoms with Crippen LogP contribution in [-0.2, 0) is 23.5 Å². The van der Waals surface area contributed by atoms with E-state index in [1.54, 1.807) is 14.0 Å². The average molecular weight is 377 g/mol. The molecule has 1 saturated carbocycles. The largest absolute Gasteiger partial charge is 0.493 e. The molecular formula is C18H23N3O4S. The van der Waals surface area contributed by atoms with Crippen LogP contribution in [0.3, 0.4) is 0 Å². The summed E-state index contributed by atoms with van der Waals surface area (Å²) >= 11 is 0. The molecule has 2 aromatic rings. The third kappa shape index (κ3) is 3.13. The Morgan fingerprint density at radius 3 is 2.81 bits per heavy atom. The minimum Gasteiger partial charge on any atom is -0.493 e. The molecule has 0 bridgehead atoms. The van der Waals surface area contributed by atoms with Crippen LogP contribution >= 0.6 is 0 Å². The van der Waals surface area contributed by atoms with Gasteiger partial charge in [0.1, 0.15) is 10.6 Å². The third-order valence-electron chi connectivity index (χ3n) is 5.23. The molecule has 0 amide bonds. The highest BCUT2D eigenvalue weighted by Gasteiger charge is 2.38. The highest BCUT2D eigenvalue weighted by molar-refractivity contribution is 7.89. The van der Waals surface area contributed by atoms with Crippen molar-refractivity contribution >= 4 is 10.0 Å². The SMILES string of the molecule is Cc1nn(C)cc1S(=O)(=O)N[C@@H](c1ccc2c(c1)CCO2)C1CC(O)C1. The molecule has 1 atom stereocenters. The highest BCUT2D eigenvalue weighted by atomic mass is 32.2. The van der Waals surface area contributed by atoms with Gasteiger partial charge >= 0.3 is 0 Å². The van der Waals surface area contributed by atoms with Crippen LogP contribution in [0.1, 0.15) is 35.7 Å². The predicted octanol–water partition coefficient (Wildman–Crippen LogP) is 1.45. The lowest BCUT2D eigenvalue weighted by Gasteiger charge is -2.38. The summed E-state index contributed by atoms with van der Waals surface area (Å²) < 4.78 is 35.8. The molecule has 1 aromatic heterocycles. The van der Waals surface area contributed by atoms with Crippen molar-refractivity contribution in [1.82, 2.24) is 14.5 Å². The van der Waals surface area contributed by atoms with Gasteiger partial charge in [0, 0.05) is 25.7 Å². The van der Waals surface area contributed by atoms with E-state index in [0.717, 1.165) is 23.3 Å². The first-order valence-electron chi connectivity index (χ1n) is 8.80. The first-order valence-corrected chi connectivity index (χ1v) is 10.3. The fraction of sp³-hybridized carbons (Fsp3) is 0.500. The molecule has 8 heteroatoms. The van der Waals surface area contributed by atoms with Gasteiger partial charge in [-0.05, 0) is 42.9 Å². The molecule has 2 N–H and O–H groups in total. The van der Waals surface area contributed by atoms with E-state index in [0.29, 0.717) is 25.1 Å². The molecule has 2 aliphatic rings. The van der Waals surface area contributed by atoms with E-state index in [1.165, 1.54) is 10.9 Å². The van der Waals surface area contributed by atoms with Gasteiger partial charge in [-0.25, -0.2) is 13.1 Å². The second kappa shape index (κ2) is 6.37. The quantitative estimate of drug-likeness (QED) is 0.823. The van der Waals surface area contributed by atoms with Crippen LogP contribution < -0.4 is 9.46 Å². The Morgan fingerprint density at radius 1 is 1.38 bits per heavy atom. The summed E-state index contributed by atoms with van der Waals surface area (Å²) in [6, 6.07) is 5.46. The molecule has 0 spiro atoms. The van der Waals surface area contributed by atoms with Gasteiger partial charge in [-0.3, -0.25) is 4.68 Å². The number of ether oxygens (including phenoxy) is 1. The molecule has 0 saturated heterocycles. The normalized spacial score (nSPS) is 23.2. The van der Waals surface area contributed by atoms with Gasteiger partial charge < -0.3 is 9.84 Å². The van der Waals surface area contributed by atoms with Crippen LogP contribution in [0.15, 0.2) is 29.3 Å². The summed E-state index contributed by atoms with van der Waals surface area (Å²) in [6.07, 6.45) is 3.17. The summed E-state index contributed by atoms with van der Waals surface area (Å²) in [7, 11) is -2.02. The van der Waals surface area contributed by atoms with Crippen LogP contribution in [0.25, 0.3) is 0 Å². The monoisotopic (exact) mass is 377 g/mol. The van der Waals surface area contributed by atoms with Gasteiger partial charge in [0.25, 0.3) is 0 Å². The lowest BCUT2D eigenvalue weighted by Crippen LogP contribution is -2.41. The lowest BCUT2D eigenvalue weighted by molar-refractivity contribution is 0.0280. The maximum absolute atomic E-state index is 13.0. The minimum atomic E-state index is -3.72. The Morgan fingerprint density at radius 2 is 2.15 bits per heavy atom. The molecule has 1 aromatic carbocycles. The molecule has 0 radical (unpaired) electrons. The molecule has 1 aliphatic heterocycles. The number of fused-ring (bicyclic) bond motifs is 1. The van der Waals surface area contributed by atoms with Gasteiger partial charge in [0.15, 0.2) is 0 Å². The molecule has 1 fully saturated rings. The first-order chi connectivity index (χ1) is 12.3. The molecule has 0 unspecified atom stereocenters. The van der Waals surface area contributed by atoms with Crippen LogP contribution in [0.2, 0.25) is 0 Å². The second-order valence-corrected chi connectivity index (χ2v) is 8.88. The van der Waals surface area contributed by atoms with Gasteiger partial charge in [-0.1, -0.05) is 12.1 Å². The van der Waals surface area contributed by atoms with E-state index >= 15 is 0 Å². The smallest absolute Gasteiger partial charge is 0.244 e. The molecule has 2 heterocycles. The zero-order valence-electron chi connectivity index (χ0n) is 14.8. The number of aromatic nitrogens is 2. The van der Waals surface area contributed by atoms with Gasteiger partial charge in [-0.2, -0.15) is 5.10 Å². The van der Waals surface area contributed by atoms with Crippen molar-refractivity contribution in [3.8, 4) is 5.75 Å². The fourth-order valence-corrected chi connectivity index (χ4v) is 5.32. The van der Waals surface area contributed by atoms with E-state index in [2.05, 4.69) is 9.82 Å². The number of hydrogen-bond acceptors (Lipinski definition) is 5. The maximum Gasteiger partial charge on any atom is 0.244 e. The van der Waals surface area contributed by atoms with E-state index < -0.39 is 10.0 Å². The first kappa shape index (κ1) is 17.5. The average Bonchev–Trinajstić information content (AvgIpc) is 3.15. The fourth-order valence-electron chi connectivity index (χ4n) is 3.81. The Hall–Kier alpha value is -1.90. The van der Waals surface area contributed by atoms with Crippen molar-refractivity contribution in [3.05, 3.63) is 41.2 Å². The molecule has 1 aliphatic carbocycles. The number of aliphatic hydroxyl groups excluding tert-OH is 1. The van der Waals surface area contributed by atoms with Crippen molar-refractivity contribution in [1.29, 1.82) is 0 Å². The third-order valence-corrected chi connectivity index (χ3v) is 6.78.